The van der Waals surface area contributed by atoms with E-state index in [1.807, 2.05) is 0 Å². The molecule has 0 fully saturated rings. The molecule has 1 aromatic rings. The number of nitrogens with zero attached hydrogens (tertiary/aromatic N) is 1. The Labute approximate surface area is 117 Å². The molecule has 0 spiro atoms. The van der Waals surface area contributed by atoms with Crippen molar-refractivity contribution in [2.75, 3.05) is 32.6 Å². The fourth-order valence-electron chi connectivity index (χ4n) is 1.81. The minimum atomic E-state index is -0.513. The van der Waals surface area contributed by atoms with Crippen molar-refractivity contribution >= 4 is 17.3 Å². The van der Waals surface area contributed by atoms with E-state index in [4.69, 9.17) is 4.74 Å². The van der Waals surface area contributed by atoms with Gasteiger partial charge in [0.2, 0.25) is 0 Å². The lowest BCUT2D eigenvalue weighted by Crippen LogP contribution is -2.25. The highest BCUT2D eigenvalue weighted by atomic mass is 16.6. The molecule has 0 saturated carbocycles. The molecular formula is C13H19N3O4. The third-order valence-corrected chi connectivity index (χ3v) is 2.79. The van der Waals surface area contributed by atoms with Gasteiger partial charge in [0, 0.05) is 33.4 Å². The molecule has 0 aliphatic carbocycles. The van der Waals surface area contributed by atoms with Crippen molar-refractivity contribution in [2.45, 2.75) is 12.8 Å². The van der Waals surface area contributed by atoms with E-state index >= 15 is 0 Å². The molecule has 7 heteroatoms. The number of benzene rings is 1. The van der Waals surface area contributed by atoms with Crippen molar-refractivity contribution in [1.29, 1.82) is 0 Å². The fourth-order valence-corrected chi connectivity index (χ4v) is 1.81. The molecule has 0 aliphatic rings. The zero-order valence-corrected chi connectivity index (χ0v) is 11.6. The van der Waals surface area contributed by atoms with Crippen LogP contribution in [0.4, 0.5) is 11.4 Å². The zero-order chi connectivity index (χ0) is 15.0. The van der Waals surface area contributed by atoms with Crippen molar-refractivity contribution in [2.24, 2.45) is 0 Å². The summed E-state index contributed by atoms with van der Waals surface area (Å²) in [5.41, 5.74) is 0.389. The number of carbonyl (C=O) groups is 1. The van der Waals surface area contributed by atoms with E-state index in [0.29, 0.717) is 13.2 Å². The lowest BCUT2D eigenvalue weighted by atomic mass is 10.1. The number of amides is 1. The Morgan fingerprint density at radius 1 is 1.40 bits per heavy atom. The van der Waals surface area contributed by atoms with E-state index in [1.165, 1.54) is 12.1 Å². The third kappa shape index (κ3) is 4.20. The summed E-state index contributed by atoms with van der Waals surface area (Å²) >= 11 is 0. The number of unbranched alkanes of at least 4 members (excludes halogenated alkanes) is 1. The van der Waals surface area contributed by atoms with Gasteiger partial charge in [-0.1, -0.05) is 6.07 Å². The maximum absolute atomic E-state index is 12.0. The van der Waals surface area contributed by atoms with Crippen LogP contribution in [-0.4, -0.2) is 38.1 Å². The zero-order valence-electron chi connectivity index (χ0n) is 11.6. The highest BCUT2D eigenvalue weighted by Gasteiger charge is 2.20. The molecular weight excluding hydrogens is 262 g/mol. The Morgan fingerprint density at radius 3 is 2.75 bits per heavy atom. The number of para-hydroxylation sites is 1. The topological polar surface area (TPSA) is 93.5 Å². The van der Waals surface area contributed by atoms with Crippen LogP contribution in [0.5, 0.6) is 0 Å². The number of hydrogen-bond donors (Lipinski definition) is 2. The molecule has 1 rings (SSSR count). The van der Waals surface area contributed by atoms with Crippen LogP contribution in [0, 0.1) is 10.1 Å². The molecule has 0 aliphatic heterocycles. The van der Waals surface area contributed by atoms with Crippen molar-refractivity contribution < 1.29 is 14.5 Å². The first-order valence-electron chi connectivity index (χ1n) is 6.34. The Hall–Kier alpha value is -2.15. The Bertz CT molecular complexity index is 477. The number of carbonyl (C=O) groups excluding carboxylic acids is 1. The molecule has 0 bridgehead atoms. The first kappa shape index (κ1) is 15.9. The summed E-state index contributed by atoms with van der Waals surface area (Å²) < 4.78 is 4.91. The van der Waals surface area contributed by atoms with Crippen molar-refractivity contribution in [1.82, 2.24) is 5.32 Å². The van der Waals surface area contributed by atoms with E-state index < -0.39 is 4.92 Å². The monoisotopic (exact) mass is 281 g/mol. The van der Waals surface area contributed by atoms with Gasteiger partial charge < -0.3 is 15.4 Å². The number of methoxy groups -OCH3 is 1. The highest BCUT2D eigenvalue weighted by molar-refractivity contribution is 6.01. The molecule has 0 atom stereocenters. The quantitative estimate of drug-likeness (QED) is 0.430. The Balaban J connectivity index is 2.72. The summed E-state index contributed by atoms with van der Waals surface area (Å²) in [6, 6.07) is 4.42. The molecule has 1 aromatic carbocycles. The van der Waals surface area contributed by atoms with Gasteiger partial charge >= 0.3 is 0 Å². The molecule has 20 heavy (non-hydrogen) atoms. The SMILES string of the molecule is CNc1c(C(=O)NCCCCOC)cccc1[N+](=O)[O-]. The lowest BCUT2D eigenvalue weighted by Gasteiger charge is -2.10. The van der Waals surface area contributed by atoms with Crippen molar-refractivity contribution in [3.8, 4) is 0 Å². The Kier molecular flexibility index (Phi) is 6.45. The summed E-state index contributed by atoms with van der Waals surface area (Å²) in [5, 5.41) is 16.4. The molecule has 1 amide bonds. The van der Waals surface area contributed by atoms with Gasteiger partial charge in [0.25, 0.3) is 11.6 Å². The second-order valence-corrected chi connectivity index (χ2v) is 4.16. The van der Waals surface area contributed by atoms with Gasteiger partial charge in [-0.2, -0.15) is 0 Å². The number of nitrogens with one attached hydrogen (secondary N) is 2. The van der Waals surface area contributed by atoms with Gasteiger partial charge in [-0.3, -0.25) is 14.9 Å². The molecule has 0 unspecified atom stereocenters. The molecule has 0 aromatic heterocycles. The van der Waals surface area contributed by atoms with Crippen LogP contribution < -0.4 is 10.6 Å². The van der Waals surface area contributed by atoms with Crippen LogP contribution in [0.25, 0.3) is 0 Å². The van der Waals surface area contributed by atoms with Gasteiger partial charge in [-0.25, -0.2) is 0 Å². The van der Waals surface area contributed by atoms with Crippen molar-refractivity contribution in [3.63, 3.8) is 0 Å². The molecule has 110 valence electrons. The number of nitro benzene ring substituents is 1. The maximum Gasteiger partial charge on any atom is 0.293 e. The fraction of sp³-hybridized carbons (Fsp3) is 0.462. The first-order chi connectivity index (χ1) is 9.61. The molecule has 2 N–H and O–H groups in total. The van der Waals surface area contributed by atoms with E-state index in [-0.39, 0.29) is 22.8 Å². The van der Waals surface area contributed by atoms with Crippen LogP contribution >= 0.6 is 0 Å². The van der Waals surface area contributed by atoms with E-state index in [2.05, 4.69) is 10.6 Å². The predicted molar refractivity (Wildman–Crippen MR) is 76.1 cm³/mol. The highest BCUT2D eigenvalue weighted by Crippen LogP contribution is 2.27. The molecule has 0 heterocycles. The molecule has 0 saturated heterocycles. The predicted octanol–water partition coefficient (Wildman–Crippen LogP) is 1.79. The minimum Gasteiger partial charge on any atom is -0.385 e. The minimum absolute atomic E-state index is 0.112. The van der Waals surface area contributed by atoms with E-state index in [1.54, 1.807) is 20.2 Å². The van der Waals surface area contributed by atoms with E-state index in [9.17, 15) is 14.9 Å². The van der Waals surface area contributed by atoms with Crippen LogP contribution in [0.1, 0.15) is 23.2 Å². The third-order valence-electron chi connectivity index (χ3n) is 2.79. The van der Waals surface area contributed by atoms with Crippen LogP contribution in [-0.2, 0) is 4.74 Å². The van der Waals surface area contributed by atoms with Crippen LogP contribution in [0.2, 0.25) is 0 Å². The van der Waals surface area contributed by atoms with E-state index in [0.717, 1.165) is 12.8 Å². The largest absolute Gasteiger partial charge is 0.385 e. The van der Waals surface area contributed by atoms with Gasteiger partial charge in [0.1, 0.15) is 5.69 Å². The molecule has 0 radical (unpaired) electrons. The number of hydrogen-bond acceptors (Lipinski definition) is 5. The average molecular weight is 281 g/mol. The smallest absolute Gasteiger partial charge is 0.293 e. The second kappa shape index (κ2) is 8.11. The van der Waals surface area contributed by atoms with Crippen molar-refractivity contribution in [3.05, 3.63) is 33.9 Å². The van der Waals surface area contributed by atoms with Gasteiger partial charge in [-0.05, 0) is 18.9 Å². The number of nitro groups is 1. The van der Waals surface area contributed by atoms with Crippen LogP contribution in [0.15, 0.2) is 18.2 Å². The standard InChI is InChI=1S/C13H19N3O4/c1-14-12-10(6-5-7-11(12)16(18)19)13(17)15-8-3-4-9-20-2/h5-7,14H,3-4,8-9H2,1-2H3,(H,15,17). The van der Waals surface area contributed by atoms with Gasteiger partial charge in [0.15, 0.2) is 0 Å². The van der Waals surface area contributed by atoms with Crippen LogP contribution in [0.3, 0.4) is 0 Å². The number of ether oxygens (including phenoxy) is 1. The maximum atomic E-state index is 12.0. The molecule has 7 nitrogen and oxygen atoms in total. The summed E-state index contributed by atoms with van der Waals surface area (Å²) in [6.45, 7) is 1.16. The number of anilines is 1. The summed E-state index contributed by atoms with van der Waals surface area (Å²) in [7, 11) is 3.18. The van der Waals surface area contributed by atoms with Gasteiger partial charge in [-0.15, -0.1) is 0 Å². The summed E-state index contributed by atoms with van der Waals surface area (Å²) in [5.74, 6) is -0.324. The normalized spacial score (nSPS) is 10.1. The Morgan fingerprint density at radius 2 is 2.15 bits per heavy atom. The number of rotatable bonds is 8. The summed E-state index contributed by atoms with van der Waals surface area (Å²) in [6.07, 6.45) is 1.65. The van der Waals surface area contributed by atoms with Gasteiger partial charge in [0.05, 0.1) is 10.5 Å². The summed E-state index contributed by atoms with van der Waals surface area (Å²) in [4.78, 5) is 22.4. The average Bonchev–Trinajstić information content (AvgIpc) is 2.45. The lowest BCUT2D eigenvalue weighted by molar-refractivity contribution is -0.384. The second-order valence-electron chi connectivity index (χ2n) is 4.16. The first-order valence-corrected chi connectivity index (χ1v) is 6.34.